The molecule has 0 aliphatic carbocycles. The topological polar surface area (TPSA) is 84.2 Å². The number of hydrogen-bond donors (Lipinski definition) is 2. The first-order valence-corrected chi connectivity index (χ1v) is 9.16. The predicted molar refractivity (Wildman–Crippen MR) is 109 cm³/mol. The summed E-state index contributed by atoms with van der Waals surface area (Å²) in [5.41, 5.74) is 2.36. The van der Waals surface area contributed by atoms with Crippen LogP contribution in [0.1, 0.15) is 13.8 Å². The minimum atomic E-state index is -0.388. The average molecular weight is 390 g/mol. The van der Waals surface area contributed by atoms with E-state index in [1.54, 1.807) is 30.3 Å². The van der Waals surface area contributed by atoms with Crippen LogP contribution < -0.4 is 10.6 Å². The molecule has 0 atom stereocenters. The summed E-state index contributed by atoms with van der Waals surface area (Å²) in [6.45, 7) is 3.68. The molecule has 8 heteroatoms. The third-order valence-corrected chi connectivity index (χ3v) is 4.33. The van der Waals surface area contributed by atoms with E-state index in [2.05, 4.69) is 25.9 Å². The van der Waals surface area contributed by atoms with Crippen molar-refractivity contribution in [3.8, 4) is 11.4 Å². The summed E-state index contributed by atoms with van der Waals surface area (Å²) in [5.74, 6) is 0.366. The van der Waals surface area contributed by atoms with Crippen LogP contribution >= 0.6 is 0 Å². The zero-order valence-corrected chi connectivity index (χ0v) is 15.9. The van der Waals surface area contributed by atoms with Gasteiger partial charge in [-0.2, -0.15) is 4.52 Å². The molecule has 29 heavy (non-hydrogen) atoms. The molecule has 0 aliphatic heterocycles. The number of anilines is 3. The number of amides is 1. The molecule has 4 rings (SSSR count). The van der Waals surface area contributed by atoms with Gasteiger partial charge in [0.25, 0.3) is 0 Å². The van der Waals surface area contributed by atoms with Crippen molar-refractivity contribution in [1.82, 2.24) is 19.8 Å². The van der Waals surface area contributed by atoms with Crippen LogP contribution in [0.15, 0.2) is 60.7 Å². The fraction of sp³-hybridized carbons (Fsp3) is 0.143. The van der Waals surface area contributed by atoms with Crippen molar-refractivity contribution in [3.63, 3.8) is 0 Å². The Balaban J connectivity index is 1.58. The smallest absolute Gasteiger partial charge is 0.226 e. The van der Waals surface area contributed by atoms with E-state index in [4.69, 9.17) is 0 Å². The Bertz CT molecular complexity index is 1170. The number of nitrogens with zero attached hydrogens (tertiary/aromatic N) is 4. The highest BCUT2D eigenvalue weighted by Crippen LogP contribution is 2.23. The third-order valence-electron chi connectivity index (χ3n) is 4.33. The lowest BCUT2D eigenvalue weighted by Crippen LogP contribution is -2.17. The monoisotopic (exact) mass is 390 g/mol. The highest BCUT2D eigenvalue weighted by molar-refractivity contribution is 5.92. The molecule has 2 aromatic heterocycles. The average Bonchev–Trinajstić information content (AvgIpc) is 3.13. The molecule has 0 fully saturated rings. The third kappa shape index (κ3) is 3.91. The second-order valence-corrected chi connectivity index (χ2v) is 6.84. The van der Waals surface area contributed by atoms with Crippen LogP contribution in [0.3, 0.4) is 0 Å². The maximum Gasteiger partial charge on any atom is 0.226 e. The maximum absolute atomic E-state index is 14.2. The fourth-order valence-electron chi connectivity index (χ4n) is 2.74. The Morgan fingerprint density at radius 1 is 0.966 bits per heavy atom. The van der Waals surface area contributed by atoms with Gasteiger partial charge in [-0.3, -0.25) is 4.79 Å². The first-order valence-electron chi connectivity index (χ1n) is 9.16. The van der Waals surface area contributed by atoms with Crippen molar-refractivity contribution in [1.29, 1.82) is 0 Å². The molecule has 0 saturated heterocycles. The molecule has 0 aliphatic rings. The first kappa shape index (κ1) is 18.5. The minimum Gasteiger partial charge on any atom is -0.339 e. The SMILES string of the molecule is CC(C)C(=O)Nc1ccc(Nc2ccc3nnc(-c4ccccc4F)n3n2)cc1. The van der Waals surface area contributed by atoms with Gasteiger partial charge in [0, 0.05) is 17.3 Å². The molecular formula is C21H19FN6O. The number of aromatic nitrogens is 4. The largest absolute Gasteiger partial charge is 0.339 e. The lowest BCUT2D eigenvalue weighted by molar-refractivity contribution is -0.118. The molecular weight excluding hydrogens is 371 g/mol. The Kier molecular flexibility index (Phi) is 4.90. The predicted octanol–water partition coefficient (Wildman–Crippen LogP) is 4.27. The number of benzene rings is 2. The summed E-state index contributed by atoms with van der Waals surface area (Å²) < 4.78 is 15.6. The van der Waals surface area contributed by atoms with Gasteiger partial charge < -0.3 is 10.6 Å². The van der Waals surface area contributed by atoms with Crippen molar-refractivity contribution >= 4 is 28.7 Å². The lowest BCUT2D eigenvalue weighted by Gasteiger charge is -2.10. The van der Waals surface area contributed by atoms with Crippen LogP contribution in [0, 0.1) is 11.7 Å². The van der Waals surface area contributed by atoms with E-state index < -0.39 is 0 Å². The minimum absolute atomic E-state index is 0.0360. The van der Waals surface area contributed by atoms with Crippen LogP contribution in [-0.2, 0) is 4.79 Å². The molecule has 1 amide bonds. The van der Waals surface area contributed by atoms with Gasteiger partial charge in [-0.25, -0.2) is 4.39 Å². The van der Waals surface area contributed by atoms with Crippen LogP contribution in [-0.4, -0.2) is 25.7 Å². The Morgan fingerprint density at radius 3 is 2.41 bits per heavy atom. The van der Waals surface area contributed by atoms with Crippen LogP contribution in [0.25, 0.3) is 17.0 Å². The summed E-state index contributed by atoms with van der Waals surface area (Å²) >= 11 is 0. The lowest BCUT2D eigenvalue weighted by atomic mass is 10.2. The highest BCUT2D eigenvalue weighted by atomic mass is 19.1. The highest BCUT2D eigenvalue weighted by Gasteiger charge is 2.13. The number of halogens is 1. The summed E-state index contributed by atoms with van der Waals surface area (Å²) in [4.78, 5) is 11.8. The second-order valence-electron chi connectivity index (χ2n) is 6.84. The summed E-state index contributed by atoms with van der Waals surface area (Å²) in [6.07, 6.45) is 0. The van der Waals surface area contributed by atoms with Gasteiger partial charge >= 0.3 is 0 Å². The van der Waals surface area contributed by atoms with E-state index in [9.17, 15) is 9.18 Å². The number of fused-ring (bicyclic) bond motifs is 1. The van der Waals surface area contributed by atoms with Gasteiger partial charge in [0.1, 0.15) is 5.82 Å². The van der Waals surface area contributed by atoms with Crippen molar-refractivity contribution in [2.45, 2.75) is 13.8 Å². The number of hydrogen-bond acceptors (Lipinski definition) is 5. The summed E-state index contributed by atoms with van der Waals surface area (Å²) in [7, 11) is 0. The standard InChI is InChI=1S/C21H19FN6O/c1-13(2)21(29)24-15-9-7-14(8-10-15)23-18-11-12-19-25-26-20(28(19)27-18)16-5-3-4-6-17(16)22/h3-13H,1-2H3,(H,23,27)(H,24,29). The molecule has 4 aromatic rings. The number of carbonyl (C=O) groups excluding carboxylic acids is 1. The molecule has 2 heterocycles. The normalized spacial score (nSPS) is 11.0. The van der Waals surface area contributed by atoms with Gasteiger partial charge in [0.05, 0.1) is 5.56 Å². The van der Waals surface area contributed by atoms with Gasteiger partial charge in [-0.1, -0.05) is 26.0 Å². The molecule has 0 saturated carbocycles. The molecule has 146 valence electrons. The first-order chi connectivity index (χ1) is 14.0. The summed E-state index contributed by atoms with van der Waals surface area (Å²) in [6, 6.07) is 17.2. The summed E-state index contributed by atoms with van der Waals surface area (Å²) in [5, 5.41) is 18.6. The van der Waals surface area contributed by atoms with Crippen molar-refractivity contribution in [3.05, 3.63) is 66.5 Å². The quantitative estimate of drug-likeness (QED) is 0.532. The number of nitrogens with one attached hydrogen (secondary N) is 2. The maximum atomic E-state index is 14.2. The van der Waals surface area contributed by atoms with E-state index in [-0.39, 0.29) is 17.6 Å². The molecule has 2 N–H and O–H groups in total. The van der Waals surface area contributed by atoms with Gasteiger partial charge in [-0.05, 0) is 48.5 Å². The molecule has 0 radical (unpaired) electrons. The molecule has 0 unspecified atom stereocenters. The van der Waals surface area contributed by atoms with E-state index in [0.717, 1.165) is 11.4 Å². The van der Waals surface area contributed by atoms with Crippen molar-refractivity contribution in [2.24, 2.45) is 5.92 Å². The fourth-order valence-corrected chi connectivity index (χ4v) is 2.74. The number of carbonyl (C=O) groups is 1. The van der Waals surface area contributed by atoms with Crippen LogP contribution in [0.5, 0.6) is 0 Å². The van der Waals surface area contributed by atoms with Gasteiger partial charge in [-0.15, -0.1) is 15.3 Å². The van der Waals surface area contributed by atoms with E-state index >= 15 is 0 Å². The Morgan fingerprint density at radius 2 is 1.69 bits per heavy atom. The molecule has 0 bridgehead atoms. The Hall–Kier alpha value is -3.81. The van der Waals surface area contributed by atoms with Crippen molar-refractivity contribution < 1.29 is 9.18 Å². The molecule has 0 spiro atoms. The zero-order chi connectivity index (χ0) is 20.4. The van der Waals surface area contributed by atoms with E-state index in [1.807, 2.05) is 38.1 Å². The van der Waals surface area contributed by atoms with Gasteiger partial charge in [0.2, 0.25) is 5.91 Å². The van der Waals surface area contributed by atoms with Crippen LogP contribution in [0.4, 0.5) is 21.6 Å². The van der Waals surface area contributed by atoms with Gasteiger partial charge in [0.15, 0.2) is 17.3 Å². The number of rotatable bonds is 5. The van der Waals surface area contributed by atoms with Crippen LogP contribution in [0.2, 0.25) is 0 Å². The van der Waals surface area contributed by atoms with Crippen molar-refractivity contribution in [2.75, 3.05) is 10.6 Å². The van der Waals surface area contributed by atoms with E-state index in [0.29, 0.717) is 22.9 Å². The second kappa shape index (κ2) is 7.67. The van der Waals surface area contributed by atoms with E-state index in [1.165, 1.54) is 10.6 Å². The zero-order valence-electron chi connectivity index (χ0n) is 15.9. The molecule has 7 nitrogen and oxygen atoms in total. The Labute approximate surface area is 166 Å². The molecule has 2 aromatic carbocycles.